The van der Waals surface area contributed by atoms with Gasteiger partial charge in [-0.2, -0.15) is 0 Å². The highest BCUT2D eigenvalue weighted by Gasteiger charge is 2.21. The van der Waals surface area contributed by atoms with Crippen molar-refractivity contribution in [1.29, 1.82) is 0 Å². The number of carbonyl (C=O) groups excluding carboxylic acids is 1. The summed E-state index contributed by atoms with van der Waals surface area (Å²) in [6.07, 6.45) is 1.07. The molecule has 5 N–H and O–H groups in total. The van der Waals surface area contributed by atoms with Crippen molar-refractivity contribution in [1.82, 2.24) is 9.62 Å². The number of sulfonamides is 1. The van der Waals surface area contributed by atoms with E-state index in [0.29, 0.717) is 18.2 Å². The van der Waals surface area contributed by atoms with Crippen LogP contribution in [0.15, 0.2) is 46.3 Å². The van der Waals surface area contributed by atoms with Crippen LogP contribution in [-0.2, 0) is 14.8 Å². The summed E-state index contributed by atoms with van der Waals surface area (Å²) in [7, 11) is -0.114. The maximum atomic E-state index is 13.0. The number of hydrogen-bond donors (Lipinski definition) is 3. The molecule has 0 bridgehead atoms. The molecule has 0 aliphatic rings. The van der Waals surface area contributed by atoms with E-state index in [1.54, 1.807) is 18.2 Å². The monoisotopic (exact) mass is 462 g/mol. The molecular weight excluding hydrogens is 428 g/mol. The van der Waals surface area contributed by atoms with E-state index in [-0.39, 0.29) is 29.3 Å². The number of fused-ring (bicyclic) bond motifs is 1. The molecule has 2 rings (SSSR count). The van der Waals surface area contributed by atoms with Crippen LogP contribution in [0.5, 0.6) is 0 Å². The van der Waals surface area contributed by atoms with Crippen molar-refractivity contribution < 1.29 is 13.2 Å². The van der Waals surface area contributed by atoms with Crippen molar-refractivity contribution in [3.8, 4) is 0 Å². The second kappa shape index (κ2) is 11.1. The van der Waals surface area contributed by atoms with Crippen LogP contribution in [0.2, 0.25) is 0 Å². The molecule has 9 nitrogen and oxygen atoms in total. The fraction of sp³-hybridized carbons (Fsp3) is 0.455. The second-order valence-corrected chi connectivity index (χ2v) is 9.33. The van der Waals surface area contributed by atoms with E-state index in [2.05, 4.69) is 9.71 Å². The highest BCUT2D eigenvalue weighted by atomic mass is 32.2. The average molecular weight is 463 g/mol. The van der Waals surface area contributed by atoms with Gasteiger partial charge in [-0.3, -0.25) is 14.7 Å². The predicted octanol–water partition coefficient (Wildman–Crippen LogP) is 1.47. The van der Waals surface area contributed by atoms with Crippen LogP contribution in [0, 0.1) is 0 Å². The molecule has 0 aromatic heterocycles. The molecule has 0 aliphatic heterocycles. The van der Waals surface area contributed by atoms with E-state index in [0.717, 1.165) is 24.2 Å². The maximum absolute atomic E-state index is 13.0. The molecule has 0 fully saturated rings. The van der Waals surface area contributed by atoms with E-state index in [9.17, 15) is 13.2 Å². The predicted molar refractivity (Wildman–Crippen MR) is 130 cm³/mol. The van der Waals surface area contributed by atoms with Gasteiger partial charge in [0.2, 0.25) is 11.9 Å². The van der Waals surface area contributed by atoms with Crippen molar-refractivity contribution in [2.24, 2.45) is 16.5 Å². The molecule has 0 spiro atoms. The van der Waals surface area contributed by atoms with Crippen molar-refractivity contribution in [3.63, 3.8) is 0 Å². The summed E-state index contributed by atoms with van der Waals surface area (Å²) < 4.78 is 28.3. The van der Waals surface area contributed by atoms with Crippen LogP contribution in [0.25, 0.3) is 10.8 Å². The second-order valence-electron chi connectivity index (χ2n) is 7.68. The number of nitrogens with two attached hydrogens (primary N) is 2. The molecule has 32 heavy (non-hydrogen) atoms. The van der Waals surface area contributed by atoms with Crippen LogP contribution in [0.3, 0.4) is 0 Å². The number of benzene rings is 2. The van der Waals surface area contributed by atoms with Gasteiger partial charge in [-0.1, -0.05) is 38.1 Å². The number of likely N-dealkylation sites (N-methyl/N-ethyl adjacent to an activating group) is 1. The van der Waals surface area contributed by atoms with Gasteiger partial charge in [-0.25, -0.2) is 13.1 Å². The molecule has 1 amide bonds. The third kappa shape index (κ3) is 6.10. The van der Waals surface area contributed by atoms with Gasteiger partial charge < -0.3 is 16.4 Å². The molecule has 0 aliphatic carbocycles. The highest BCUT2D eigenvalue weighted by Crippen LogP contribution is 2.30. The molecular formula is C22H34N6O3S. The van der Waals surface area contributed by atoms with Gasteiger partial charge in [-0.15, -0.1) is 0 Å². The summed E-state index contributed by atoms with van der Waals surface area (Å²) in [5.41, 5.74) is 12.3. The Morgan fingerprint density at radius 1 is 1.06 bits per heavy atom. The molecule has 0 saturated heterocycles. The lowest BCUT2D eigenvalue weighted by Crippen LogP contribution is -2.44. The first-order chi connectivity index (χ1) is 15.1. The zero-order chi connectivity index (χ0) is 23.9. The number of nitrogens with one attached hydrogen (secondary N) is 1. The minimum atomic E-state index is -3.92. The van der Waals surface area contributed by atoms with E-state index in [4.69, 9.17) is 11.5 Å². The lowest BCUT2D eigenvalue weighted by molar-refractivity contribution is -0.123. The van der Waals surface area contributed by atoms with Crippen LogP contribution in [-0.4, -0.2) is 65.0 Å². The number of primary amides is 1. The zero-order valence-electron chi connectivity index (χ0n) is 19.2. The topological polar surface area (TPSA) is 134 Å². The molecule has 0 unspecified atom stereocenters. The lowest BCUT2D eigenvalue weighted by atomic mass is 10.1. The molecule has 2 aromatic rings. The average Bonchev–Trinajstić information content (AvgIpc) is 2.74. The molecule has 0 radical (unpaired) electrons. The summed E-state index contributed by atoms with van der Waals surface area (Å²) in [6.45, 7) is 5.66. The smallest absolute Gasteiger partial charge is 0.264 e. The van der Waals surface area contributed by atoms with Crippen LogP contribution in [0.1, 0.15) is 26.7 Å². The zero-order valence-corrected chi connectivity index (χ0v) is 20.0. The first-order valence-electron chi connectivity index (χ1n) is 10.7. The molecule has 0 heterocycles. The van der Waals surface area contributed by atoms with Crippen molar-refractivity contribution >= 4 is 38.3 Å². The first-order valence-corrected chi connectivity index (χ1v) is 12.2. The number of amides is 1. The number of anilines is 1. The van der Waals surface area contributed by atoms with Gasteiger partial charge in [0.15, 0.2) is 0 Å². The van der Waals surface area contributed by atoms with E-state index in [1.807, 2.05) is 55.9 Å². The van der Waals surface area contributed by atoms with Gasteiger partial charge in [0.05, 0.1) is 10.9 Å². The largest absolute Gasteiger partial charge is 0.377 e. The van der Waals surface area contributed by atoms with Gasteiger partial charge in [0, 0.05) is 37.1 Å². The Kier molecular flexibility index (Phi) is 8.85. The van der Waals surface area contributed by atoms with Crippen LogP contribution >= 0.6 is 0 Å². The molecule has 176 valence electrons. The third-order valence-electron chi connectivity index (χ3n) is 5.37. The first kappa shape index (κ1) is 25.4. The number of carbonyl (C=O) groups is 1. The molecule has 1 atom stereocenters. The van der Waals surface area contributed by atoms with Crippen molar-refractivity contribution in [2.75, 3.05) is 38.6 Å². The summed E-state index contributed by atoms with van der Waals surface area (Å²) in [4.78, 5) is 19.9. The quantitative estimate of drug-likeness (QED) is 0.263. The Bertz CT molecular complexity index is 1060. The Hall–Kier alpha value is -2.85. The Morgan fingerprint density at radius 3 is 2.28 bits per heavy atom. The minimum Gasteiger partial charge on any atom is -0.377 e. The third-order valence-corrected chi connectivity index (χ3v) is 6.78. The summed E-state index contributed by atoms with van der Waals surface area (Å²) in [6, 6.07) is 10.3. The summed E-state index contributed by atoms with van der Waals surface area (Å²) in [5.74, 6) is -0.566. The lowest BCUT2D eigenvalue weighted by Gasteiger charge is -2.26. The maximum Gasteiger partial charge on any atom is 0.264 e. The number of rotatable bonds is 11. The highest BCUT2D eigenvalue weighted by molar-refractivity contribution is 7.90. The Morgan fingerprint density at radius 2 is 1.69 bits per heavy atom. The van der Waals surface area contributed by atoms with E-state index >= 15 is 0 Å². The number of guanidine groups is 1. The van der Waals surface area contributed by atoms with Gasteiger partial charge in [-0.05, 0) is 38.1 Å². The van der Waals surface area contributed by atoms with Gasteiger partial charge >= 0.3 is 0 Å². The van der Waals surface area contributed by atoms with Crippen LogP contribution < -0.4 is 21.1 Å². The van der Waals surface area contributed by atoms with Gasteiger partial charge in [0.1, 0.15) is 0 Å². The number of aliphatic imine (C=N–C) groups is 1. The Balaban J connectivity index is 2.13. The van der Waals surface area contributed by atoms with Gasteiger partial charge in [0.25, 0.3) is 10.0 Å². The standard InChI is InChI=1S/C22H34N6O3S/c1-5-28(6-2)19(21(23)29)13-9-15-25-22(24)26-32(30,31)20-14-8-10-16-17(20)11-7-12-18(16)27(3)4/h7-8,10-12,14,19H,5-6,9,13,15H2,1-4H3,(H2,23,29)(H3,24,25,26)/t19-/m0/s1. The fourth-order valence-corrected chi connectivity index (χ4v) is 4.94. The molecule has 10 heteroatoms. The van der Waals surface area contributed by atoms with Crippen LogP contribution in [0.4, 0.5) is 5.69 Å². The normalized spacial score (nSPS) is 13.3. The number of hydrogen-bond acceptors (Lipinski definition) is 6. The molecule has 2 aromatic carbocycles. The van der Waals surface area contributed by atoms with Crippen molar-refractivity contribution in [2.45, 2.75) is 37.6 Å². The van der Waals surface area contributed by atoms with E-state index < -0.39 is 10.0 Å². The summed E-state index contributed by atoms with van der Waals surface area (Å²) >= 11 is 0. The molecule has 0 saturated carbocycles. The number of nitrogens with zero attached hydrogens (tertiary/aromatic N) is 3. The van der Waals surface area contributed by atoms with Crippen molar-refractivity contribution in [3.05, 3.63) is 36.4 Å². The fourth-order valence-electron chi connectivity index (χ4n) is 3.77. The minimum absolute atomic E-state index is 0.132. The Labute approximate surface area is 190 Å². The summed E-state index contributed by atoms with van der Waals surface area (Å²) in [5, 5.41) is 1.42. The SMILES string of the molecule is CCN(CC)[C@@H](CCCN=C(N)NS(=O)(=O)c1cccc2c(N(C)C)cccc12)C(N)=O. The van der Waals surface area contributed by atoms with E-state index in [1.165, 1.54) is 0 Å².